The van der Waals surface area contributed by atoms with E-state index in [1.54, 1.807) is 63.8 Å². The average molecular weight is 398 g/mol. The van der Waals surface area contributed by atoms with E-state index in [0.29, 0.717) is 0 Å². The molecular formula is C18H27N2O4PS. The fraction of sp³-hybridized carbons (Fsp3) is 0.500. The monoisotopic (exact) mass is 398 g/mol. The van der Waals surface area contributed by atoms with Crippen LogP contribution in [0.3, 0.4) is 0 Å². The lowest BCUT2D eigenvalue weighted by Crippen LogP contribution is -2.25. The molecular weight excluding hydrogens is 371 g/mol. The van der Waals surface area contributed by atoms with Gasteiger partial charge in [-0.15, -0.1) is 11.3 Å². The normalized spacial score (nSPS) is 13.6. The van der Waals surface area contributed by atoms with Gasteiger partial charge in [0.05, 0.1) is 16.9 Å². The number of thiophene rings is 1. The molecule has 0 unspecified atom stereocenters. The number of phosphoric acid groups is 1. The zero-order valence-corrected chi connectivity index (χ0v) is 17.8. The SMILES string of the molecule is CC(C)(C)OP(=O)(OCn1ccc(C=Cc2cccs2)n1)OC(C)(C)C. The minimum Gasteiger partial charge on any atom is -0.281 e. The van der Waals surface area contributed by atoms with Gasteiger partial charge in [0.15, 0.2) is 6.73 Å². The highest BCUT2D eigenvalue weighted by atomic mass is 32.1. The topological polar surface area (TPSA) is 62.6 Å². The van der Waals surface area contributed by atoms with Crippen molar-refractivity contribution in [2.75, 3.05) is 0 Å². The highest BCUT2D eigenvalue weighted by Crippen LogP contribution is 2.55. The van der Waals surface area contributed by atoms with Crippen LogP contribution in [0.1, 0.15) is 52.1 Å². The van der Waals surface area contributed by atoms with Crippen LogP contribution < -0.4 is 0 Å². The highest BCUT2D eigenvalue weighted by molar-refractivity contribution is 7.48. The molecule has 0 saturated heterocycles. The zero-order chi connectivity index (χ0) is 19.4. The number of rotatable bonds is 7. The molecule has 0 amide bonds. The van der Waals surface area contributed by atoms with Crippen LogP contribution in [0.2, 0.25) is 0 Å². The van der Waals surface area contributed by atoms with Crippen molar-refractivity contribution < 1.29 is 18.1 Å². The number of hydrogen-bond donors (Lipinski definition) is 0. The molecule has 0 spiro atoms. The molecule has 0 aromatic carbocycles. The van der Waals surface area contributed by atoms with Crippen LogP contribution in [0.15, 0.2) is 29.8 Å². The fourth-order valence-corrected chi connectivity index (χ4v) is 4.33. The molecule has 8 heteroatoms. The van der Waals surface area contributed by atoms with Crippen LogP contribution in [0.5, 0.6) is 0 Å². The van der Waals surface area contributed by atoms with Crippen molar-refractivity contribution in [3.05, 3.63) is 40.3 Å². The quantitative estimate of drug-likeness (QED) is 0.549. The molecule has 0 atom stereocenters. The second-order valence-corrected chi connectivity index (χ2v) is 10.2. The van der Waals surface area contributed by atoms with Crippen LogP contribution in [0.4, 0.5) is 0 Å². The van der Waals surface area contributed by atoms with Gasteiger partial charge in [-0.3, -0.25) is 13.6 Å². The van der Waals surface area contributed by atoms with Crippen molar-refractivity contribution in [2.45, 2.75) is 59.5 Å². The summed E-state index contributed by atoms with van der Waals surface area (Å²) in [4.78, 5) is 1.15. The molecule has 6 nitrogen and oxygen atoms in total. The lowest BCUT2D eigenvalue weighted by atomic mass is 10.2. The Morgan fingerprint density at radius 3 is 2.31 bits per heavy atom. The van der Waals surface area contributed by atoms with Crippen molar-refractivity contribution in [1.29, 1.82) is 0 Å². The van der Waals surface area contributed by atoms with E-state index in [2.05, 4.69) is 5.10 Å². The van der Waals surface area contributed by atoms with Crippen LogP contribution in [0.25, 0.3) is 12.2 Å². The van der Waals surface area contributed by atoms with E-state index < -0.39 is 19.0 Å². The highest BCUT2D eigenvalue weighted by Gasteiger charge is 2.37. The summed E-state index contributed by atoms with van der Waals surface area (Å²) in [5, 5.41) is 6.40. The first-order valence-corrected chi connectivity index (χ1v) is 10.7. The summed E-state index contributed by atoms with van der Waals surface area (Å²) in [5.41, 5.74) is -0.552. The van der Waals surface area contributed by atoms with Crippen molar-refractivity contribution >= 4 is 31.3 Å². The molecule has 0 saturated carbocycles. The Labute approximate surface area is 159 Å². The molecule has 0 aliphatic rings. The number of hydrogen-bond acceptors (Lipinski definition) is 6. The van der Waals surface area contributed by atoms with Gasteiger partial charge in [0.25, 0.3) is 0 Å². The fourth-order valence-electron chi connectivity index (χ4n) is 1.96. The minimum absolute atomic E-state index is 0.0315. The van der Waals surface area contributed by atoms with E-state index in [1.165, 1.54) is 0 Å². The van der Waals surface area contributed by atoms with E-state index in [9.17, 15) is 4.57 Å². The molecule has 0 fully saturated rings. The summed E-state index contributed by atoms with van der Waals surface area (Å²) in [6.07, 6.45) is 5.67. The smallest absolute Gasteiger partial charge is 0.281 e. The molecule has 2 heterocycles. The molecule has 2 aromatic heterocycles. The summed E-state index contributed by atoms with van der Waals surface area (Å²) in [6.45, 7) is 10.8. The Bertz CT molecular complexity index is 750. The Hall–Kier alpha value is -1.24. The van der Waals surface area contributed by atoms with Gasteiger partial charge >= 0.3 is 7.82 Å². The maximum Gasteiger partial charge on any atom is 0.477 e. The Morgan fingerprint density at radius 2 is 1.77 bits per heavy atom. The first kappa shape index (κ1) is 21.1. The van der Waals surface area contributed by atoms with Gasteiger partial charge in [-0.25, -0.2) is 9.25 Å². The summed E-state index contributed by atoms with van der Waals surface area (Å²) in [7, 11) is -3.75. The van der Waals surface area contributed by atoms with Gasteiger partial charge < -0.3 is 0 Å². The van der Waals surface area contributed by atoms with Gasteiger partial charge in [0.1, 0.15) is 0 Å². The molecule has 26 heavy (non-hydrogen) atoms. The maximum absolute atomic E-state index is 13.0. The van der Waals surface area contributed by atoms with Crippen molar-refractivity contribution in [2.24, 2.45) is 0 Å². The van der Waals surface area contributed by atoms with Crippen molar-refractivity contribution in [1.82, 2.24) is 9.78 Å². The first-order valence-electron chi connectivity index (χ1n) is 8.35. The number of aromatic nitrogens is 2. The largest absolute Gasteiger partial charge is 0.477 e. The summed E-state index contributed by atoms with van der Waals surface area (Å²) in [6, 6.07) is 5.89. The van der Waals surface area contributed by atoms with Crippen LogP contribution in [0, 0.1) is 0 Å². The van der Waals surface area contributed by atoms with E-state index in [4.69, 9.17) is 13.6 Å². The van der Waals surface area contributed by atoms with Crippen molar-refractivity contribution in [3.63, 3.8) is 0 Å². The minimum atomic E-state index is -3.75. The van der Waals surface area contributed by atoms with E-state index in [-0.39, 0.29) is 6.73 Å². The van der Waals surface area contributed by atoms with Crippen LogP contribution in [-0.4, -0.2) is 21.0 Å². The molecule has 0 bridgehead atoms. The van der Waals surface area contributed by atoms with E-state index in [1.807, 2.05) is 35.7 Å². The average Bonchev–Trinajstić information content (AvgIpc) is 3.10. The standard InChI is InChI=1S/C18H27N2O4PS/c1-17(2,3)23-25(21,24-18(4,5)6)22-14-20-12-11-15(19-20)9-10-16-8-7-13-26-16/h7-13H,14H2,1-6H3. The number of phosphoric ester groups is 1. The van der Waals surface area contributed by atoms with Gasteiger partial charge in [-0.05, 0) is 71.2 Å². The molecule has 0 radical (unpaired) electrons. The lowest BCUT2D eigenvalue weighted by Gasteiger charge is -2.30. The van der Waals surface area contributed by atoms with Gasteiger partial charge in [0, 0.05) is 11.1 Å². The second-order valence-electron chi connectivity index (χ2n) is 7.74. The van der Waals surface area contributed by atoms with E-state index >= 15 is 0 Å². The van der Waals surface area contributed by atoms with Gasteiger partial charge in [0.2, 0.25) is 0 Å². The molecule has 0 aliphatic carbocycles. The number of nitrogens with zero attached hydrogens (tertiary/aromatic N) is 2. The van der Waals surface area contributed by atoms with Gasteiger partial charge in [-0.1, -0.05) is 6.07 Å². The summed E-state index contributed by atoms with van der Waals surface area (Å²) in [5.74, 6) is 0. The Kier molecular flexibility index (Phi) is 6.64. The van der Waals surface area contributed by atoms with Crippen molar-refractivity contribution in [3.8, 4) is 0 Å². The molecule has 0 N–H and O–H groups in total. The third-order valence-electron chi connectivity index (χ3n) is 2.74. The predicted molar refractivity (Wildman–Crippen MR) is 106 cm³/mol. The molecule has 144 valence electrons. The van der Waals surface area contributed by atoms with E-state index in [0.717, 1.165) is 10.6 Å². The Morgan fingerprint density at radius 1 is 1.12 bits per heavy atom. The third-order valence-corrected chi connectivity index (χ3v) is 5.55. The zero-order valence-electron chi connectivity index (χ0n) is 16.1. The summed E-state index contributed by atoms with van der Waals surface area (Å²) < 4.78 is 31.2. The van der Waals surface area contributed by atoms with Crippen LogP contribution in [-0.2, 0) is 24.9 Å². The Balaban J connectivity index is 2.03. The predicted octanol–water partition coefficient (Wildman–Crippen LogP) is 5.83. The first-order chi connectivity index (χ1) is 11.9. The maximum atomic E-state index is 13.0. The third kappa shape index (κ3) is 7.56. The molecule has 2 aromatic rings. The van der Waals surface area contributed by atoms with Gasteiger partial charge in [-0.2, -0.15) is 5.10 Å². The lowest BCUT2D eigenvalue weighted by molar-refractivity contribution is -0.00758. The molecule has 0 aliphatic heterocycles. The van der Waals surface area contributed by atoms with Crippen LogP contribution >= 0.6 is 19.2 Å². The second kappa shape index (κ2) is 8.19. The summed E-state index contributed by atoms with van der Waals surface area (Å²) >= 11 is 1.66. The molecule has 2 rings (SSSR count).